The molecule has 4 aliphatic rings. The van der Waals surface area contributed by atoms with E-state index in [1.54, 1.807) is 27.9 Å². The molecule has 8 atom stereocenters. The largest absolute Gasteiger partial charge is 0.346 e. The lowest BCUT2D eigenvalue weighted by Crippen LogP contribution is -2.59. The van der Waals surface area contributed by atoms with Crippen molar-refractivity contribution in [3.05, 3.63) is 137 Å². The lowest BCUT2D eigenvalue weighted by atomic mass is 9.85. The fraction of sp³-hybridized carbons (Fsp3) is 0.426. The minimum absolute atomic E-state index is 0.0223. The van der Waals surface area contributed by atoms with E-state index >= 15 is 0 Å². The molecule has 5 aromatic rings. The first-order valence-corrected chi connectivity index (χ1v) is 27.7. The van der Waals surface area contributed by atoms with Gasteiger partial charge in [-0.05, 0) is 96.1 Å². The van der Waals surface area contributed by atoms with Crippen LogP contribution >= 0.6 is 0 Å². The summed E-state index contributed by atoms with van der Waals surface area (Å²) < 4.78 is 0. The van der Waals surface area contributed by atoms with E-state index in [0.717, 1.165) is 44.5 Å². The average molecular weight is 1100 g/mol. The number of hydrogen-bond donors (Lipinski definition) is 9. The molecule has 1 aromatic heterocycles. The molecule has 2 saturated heterocycles. The van der Waals surface area contributed by atoms with Crippen LogP contribution in [-0.2, 0) is 28.8 Å². The van der Waals surface area contributed by atoms with Crippen molar-refractivity contribution in [1.82, 2.24) is 62.5 Å². The number of nitrogens with zero attached hydrogens (tertiary/aromatic N) is 3. The Bertz CT molecular complexity index is 2970. The van der Waals surface area contributed by atoms with Crippen molar-refractivity contribution in [3.63, 3.8) is 0 Å². The molecule has 0 unspecified atom stereocenters. The zero-order chi connectivity index (χ0) is 58.2. The van der Waals surface area contributed by atoms with Gasteiger partial charge >= 0.3 is 0 Å². The summed E-state index contributed by atoms with van der Waals surface area (Å²) in [6.45, 7) is 14.2. The molecule has 0 bridgehead atoms. The molecule has 20 nitrogen and oxygen atoms in total. The zero-order valence-corrected chi connectivity index (χ0v) is 47.5. The number of rotatable bonds is 16. The third kappa shape index (κ3) is 11.7. The number of aromatic amines is 1. The van der Waals surface area contributed by atoms with E-state index in [1.165, 1.54) is 15.9 Å². The van der Waals surface area contributed by atoms with Gasteiger partial charge < -0.3 is 52.3 Å². The van der Waals surface area contributed by atoms with Crippen molar-refractivity contribution in [2.75, 3.05) is 27.2 Å². The second-order valence-corrected chi connectivity index (χ2v) is 23.9. The van der Waals surface area contributed by atoms with E-state index in [4.69, 9.17) is 0 Å². The van der Waals surface area contributed by atoms with Gasteiger partial charge in [-0.25, -0.2) is 0 Å². The highest BCUT2D eigenvalue weighted by Crippen LogP contribution is 2.45. The Labute approximate surface area is 472 Å². The molecule has 3 heterocycles. The normalized spacial score (nSPS) is 19.9. The summed E-state index contributed by atoms with van der Waals surface area (Å²) in [7, 11) is 3.28. The van der Waals surface area contributed by atoms with Gasteiger partial charge in [0.25, 0.3) is 11.8 Å². The molecule has 9 N–H and O–H groups in total. The Hall–Kier alpha value is -8.23. The Morgan fingerprint density at radius 1 is 0.519 bits per heavy atom. The summed E-state index contributed by atoms with van der Waals surface area (Å²) in [5.74, 6) is -4.01. The maximum Gasteiger partial charge on any atom is 0.272 e. The SMILES string of the molecule is CN[C@@H](C)C(=O)N[C@H](C(=O)N1C[C@@H](NC(=O)c2cc(C(=O)N[C@H]3C[C@@H](C(=O)NC4c5ccccc5-c5ccccc54)N(C(=O)[C@@H](NC(=O)[C@H](C)NC)C(C)(C)C)C3)[nH]n2)C[C@H]1C(=O)NC1c2ccccc2-c2ccccc21)C(C)(C)C. The minimum Gasteiger partial charge on any atom is -0.346 e. The highest BCUT2D eigenvalue weighted by molar-refractivity contribution is 6.00. The van der Waals surface area contributed by atoms with E-state index in [9.17, 15) is 38.4 Å². The second kappa shape index (κ2) is 23.1. The highest BCUT2D eigenvalue weighted by atomic mass is 16.2. The van der Waals surface area contributed by atoms with Crippen LogP contribution in [0.4, 0.5) is 0 Å². The predicted octanol–water partition coefficient (Wildman–Crippen LogP) is 3.86. The number of aromatic nitrogens is 2. The molecule has 0 spiro atoms. The van der Waals surface area contributed by atoms with Gasteiger partial charge in [0.05, 0.1) is 24.2 Å². The first kappa shape index (κ1) is 57.5. The fourth-order valence-corrected chi connectivity index (χ4v) is 11.5. The summed E-state index contributed by atoms with van der Waals surface area (Å²) in [4.78, 5) is 117. The average Bonchev–Trinajstić information content (AvgIpc) is 4.52. The predicted molar refractivity (Wildman–Crippen MR) is 305 cm³/mol. The highest BCUT2D eigenvalue weighted by Gasteiger charge is 2.49. The van der Waals surface area contributed by atoms with E-state index < -0.39 is 119 Å². The van der Waals surface area contributed by atoms with Crippen molar-refractivity contribution >= 4 is 47.3 Å². The Morgan fingerprint density at radius 2 is 0.864 bits per heavy atom. The number of amides is 8. The summed E-state index contributed by atoms with van der Waals surface area (Å²) in [6, 6.07) is 24.5. The maximum absolute atomic E-state index is 14.8. The third-order valence-electron chi connectivity index (χ3n) is 16.2. The summed E-state index contributed by atoms with van der Waals surface area (Å²) in [6.07, 6.45) is 0.0483. The van der Waals surface area contributed by atoms with Crippen LogP contribution in [0.15, 0.2) is 103 Å². The van der Waals surface area contributed by atoms with Gasteiger partial charge in [0.15, 0.2) is 5.69 Å². The van der Waals surface area contributed by atoms with Crippen molar-refractivity contribution in [3.8, 4) is 22.3 Å². The van der Waals surface area contributed by atoms with Crippen LogP contribution in [0.5, 0.6) is 0 Å². The molecule has 2 fully saturated rings. The van der Waals surface area contributed by atoms with Crippen LogP contribution in [0.2, 0.25) is 0 Å². The molecule has 2 aliphatic heterocycles. The van der Waals surface area contributed by atoms with Crippen LogP contribution in [0.1, 0.15) is 124 Å². The van der Waals surface area contributed by atoms with E-state index in [2.05, 4.69) is 52.7 Å². The quantitative estimate of drug-likeness (QED) is 0.0685. The first-order chi connectivity index (χ1) is 38.5. The fourth-order valence-electron chi connectivity index (χ4n) is 11.5. The topological polar surface area (TPSA) is 268 Å². The molecule has 4 aromatic carbocycles. The molecule has 8 amide bonds. The number of hydrogen-bond acceptors (Lipinski definition) is 11. The number of fused-ring (bicyclic) bond motifs is 6. The summed E-state index contributed by atoms with van der Waals surface area (Å²) >= 11 is 0. The third-order valence-corrected chi connectivity index (χ3v) is 16.2. The van der Waals surface area contributed by atoms with Crippen LogP contribution < -0.4 is 42.5 Å². The van der Waals surface area contributed by atoms with Crippen LogP contribution in [0, 0.1) is 10.8 Å². The van der Waals surface area contributed by atoms with E-state index in [0.29, 0.717) is 0 Å². The van der Waals surface area contributed by atoms with Gasteiger partial charge in [0.1, 0.15) is 29.9 Å². The number of likely N-dealkylation sites (tertiary alicyclic amines) is 2. The van der Waals surface area contributed by atoms with Crippen molar-refractivity contribution in [2.45, 2.75) is 129 Å². The standard InChI is InChI=1S/C61H74N12O8/c1-32(62-9)52(74)68-50(60(3,4)5)58(80)72-30-34(27-46(72)56(78)66-48-40-23-15-11-19-36(40)37-20-12-16-24-41(37)48)64-54(76)44-29-45(71-70-44)55(77)65-35-28-47(73(31-35)59(81)51(61(6,7)8)69-53(75)33(2)63-10)57(79)67-49-42-25-17-13-21-38(42)39-22-14-18-26-43(39)49/h11-26,29,32-35,46-51,62-63H,27-28,30-31H2,1-10H3,(H,64,76)(H,65,77)(H,66,78)(H,67,79)(H,68,74)(H,69,75)(H,70,71)/t32-,33-,34-,35-,46-,47-,50+,51+/m0/s1. The van der Waals surface area contributed by atoms with E-state index in [1.807, 2.05) is 139 Å². The molecular weight excluding hydrogens is 1030 g/mol. The minimum atomic E-state index is -1.06. The van der Waals surface area contributed by atoms with Gasteiger partial charge in [0, 0.05) is 31.2 Å². The van der Waals surface area contributed by atoms with Gasteiger partial charge in [-0.3, -0.25) is 43.5 Å². The number of benzene rings is 4. The maximum atomic E-state index is 14.8. The Morgan fingerprint density at radius 3 is 1.21 bits per heavy atom. The number of carbonyl (C=O) groups excluding carboxylic acids is 8. The van der Waals surface area contributed by atoms with E-state index in [-0.39, 0.29) is 37.3 Å². The van der Waals surface area contributed by atoms with Crippen LogP contribution in [0.3, 0.4) is 0 Å². The number of nitrogens with one attached hydrogen (secondary N) is 9. The second-order valence-electron chi connectivity index (χ2n) is 23.9. The van der Waals surface area contributed by atoms with Gasteiger partial charge in [0.2, 0.25) is 35.4 Å². The number of carbonyl (C=O) groups is 8. The molecule has 0 radical (unpaired) electrons. The first-order valence-electron chi connectivity index (χ1n) is 27.7. The Kier molecular flexibility index (Phi) is 16.4. The molecule has 81 heavy (non-hydrogen) atoms. The zero-order valence-electron chi connectivity index (χ0n) is 47.5. The lowest BCUT2D eigenvalue weighted by molar-refractivity contribution is -0.144. The van der Waals surface area contributed by atoms with Crippen molar-refractivity contribution < 1.29 is 38.4 Å². The number of likely N-dealkylation sites (N-methyl/N-ethyl adjacent to an activating group) is 2. The molecule has 9 rings (SSSR count). The van der Waals surface area contributed by atoms with Crippen LogP contribution in [0.25, 0.3) is 22.3 Å². The monoisotopic (exact) mass is 1100 g/mol. The lowest BCUT2D eigenvalue weighted by Gasteiger charge is -2.36. The van der Waals surface area contributed by atoms with Gasteiger partial charge in [-0.15, -0.1) is 0 Å². The van der Waals surface area contributed by atoms with Gasteiger partial charge in [-0.2, -0.15) is 5.10 Å². The van der Waals surface area contributed by atoms with Crippen molar-refractivity contribution in [2.24, 2.45) is 10.8 Å². The molecule has 20 heteroatoms. The Balaban J connectivity index is 0.927. The van der Waals surface area contributed by atoms with Crippen molar-refractivity contribution in [1.29, 1.82) is 0 Å². The van der Waals surface area contributed by atoms with Gasteiger partial charge in [-0.1, -0.05) is 139 Å². The number of H-pyrrole nitrogens is 1. The molecular formula is C61H74N12O8. The van der Waals surface area contributed by atoms with Crippen LogP contribution in [-0.4, -0.2) is 143 Å². The molecule has 2 aliphatic carbocycles. The summed E-state index contributed by atoms with van der Waals surface area (Å²) in [5.41, 5.74) is 5.77. The smallest absolute Gasteiger partial charge is 0.272 e. The molecule has 426 valence electrons. The molecule has 0 saturated carbocycles. The summed E-state index contributed by atoms with van der Waals surface area (Å²) in [5, 5.41) is 30.8.